The molecule has 2 aromatic heterocycles. The van der Waals surface area contributed by atoms with Gasteiger partial charge in [0.1, 0.15) is 5.75 Å². The Morgan fingerprint density at radius 2 is 2.06 bits per heavy atom. The van der Waals surface area contributed by atoms with E-state index in [0.29, 0.717) is 34.9 Å². The van der Waals surface area contributed by atoms with Crippen LogP contribution < -0.4 is 9.47 Å². The lowest BCUT2D eigenvalue weighted by Crippen LogP contribution is -2.17. The normalized spacial score (nSPS) is 13.4. The van der Waals surface area contributed by atoms with Gasteiger partial charge >= 0.3 is 5.97 Å². The van der Waals surface area contributed by atoms with Gasteiger partial charge in [0.15, 0.2) is 0 Å². The molecule has 1 N–H and O–H groups in total. The Bertz CT molecular complexity index is 1470. The average molecular weight is 456 g/mol. The van der Waals surface area contributed by atoms with E-state index in [4.69, 9.17) is 19.2 Å². The first-order valence-corrected chi connectivity index (χ1v) is 11.0. The highest BCUT2D eigenvalue weighted by molar-refractivity contribution is 6.08. The van der Waals surface area contributed by atoms with Crippen molar-refractivity contribution in [3.8, 4) is 22.8 Å². The molecule has 34 heavy (non-hydrogen) atoms. The third-order valence-corrected chi connectivity index (χ3v) is 6.07. The zero-order valence-corrected chi connectivity index (χ0v) is 19.2. The molecule has 3 heterocycles. The smallest absolute Gasteiger partial charge is 0.349 e. The van der Waals surface area contributed by atoms with Crippen LogP contribution in [-0.4, -0.2) is 34.8 Å². The van der Waals surface area contributed by atoms with Gasteiger partial charge < -0.3 is 19.3 Å². The Morgan fingerprint density at radius 3 is 2.79 bits per heavy atom. The quantitative estimate of drug-likeness (QED) is 0.390. The minimum atomic E-state index is -1.25. The zero-order chi connectivity index (χ0) is 24.0. The number of hydrogen-bond donors (Lipinski definition) is 1. The lowest BCUT2D eigenvalue weighted by molar-refractivity contribution is -0.148. The summed E-state index contributed by atoms with van der Waals surface area (Å²) in [7, 11) is 1.56. The van der Waals surface area contributed by atoms with Gasteiger partial charge in [-0.25, -0.2) is 9.78 Å². The first kappa shape index (κ1) is 21.7. The molecule has 7 nitrogen and oxygen atoms in total. The molecule has 0 spiro atoms. The lowest BCUT2D eigenvalue weighted by atomic mass is 9.87. The number of carbonyl (C=O) groups is 1. The van der Waals surface area contributed by atoms with Crippen LogP contribution in [-0.2, 0) is 16.0 Å². The minimum absolute atomic E-state index is 0.314. The van der Waals surface area contributed by atoms with Crippen LogP contribution in [0.4, 0.5) is 0 Å². The van der Waals surface area contributed by atoms with E-state index in [2.05, 4.69) is 11.6 Å². The molecule has 0 bridgehead atoms. The Labute approximate surface area is 196 Å². The summed E-state index contributed by atoms with van der Waals surface area (Å²) >= 11 is 0. The van der Waals surface area contributed by atoms with Gasteiger partial charge in [-0.1, -0.05) is 6.58 Å². The predicted molar refractivity (Wildman–Crippen MR) is 129 cm³/mol. The largest absolute Gasteiger partial charge is 0.493 e. The van der Waals surface area contributed by atoms with E-state index in [1.807, 2.05) is 37.3 Å². The molecule has 0 radical (unpaired) electrons. The van der Waals surface area contributed by atoms with E-state index in [0.717, 1.165) is 45.1 Å². The van der Waals surface area contributed by atoms with E-state index in [9.17, 15) is 9.90 Å². The lowest BCUT2D eigenvalue weighted by Gasteiger charge is -2.24. The summed E-state index contributed by atoms with van der Waals surface area (Å²) in [5, 5.41) is 11.9. The molecule has 0 amide bonds. The summed E-state index contributed by atoms with van der Waals surface area (Å²) < 4.78 is 17.0. The number of benzene rings is 2. The summed E-state index contributed by atoms with van der Waals surface area (Å²) in [6.07, 6.45) is 1.32. The van der Waals surface area contributed by atoms with Gasteiger partial charge in [-0.3, -0.25) is 4.98 Å². The van der Waals surface area contributed by atoms with Crippen molar-refractivity contribution in [1.29, 1.82) is 0 Å². The predicted octanol–water partition coefficient (Wildman–Crippen LogP) is 5.38. The van der Waals surface area contributed by atoms with Gasteiger partial charge in [0.25, 0.3) is 0 Å². The molecule has 0 unspecified atom stereocenters. The molecule has 4 aromatic rings. The molecule has 0 saturated carbocycles. The molecule has 5 rings (SSSR count). The van der Waals surface area contributed by atoms with Crippen LogP contribution in [0.25, 0.3) is 32.9 Å². The number of carboxylic acids is 1. The third kappa shape index (κ3) is 3.50. The molecule has 7 heteroatoms. The molecule has 1 aliphatic rings. The fraction of sp³-hybridized carbons (Fsp3) is 0.222. The van der Waals surface area contributed by atoms with Crippen LogP contribution in [0, 0.1) is 6.92 Å². The van der Waals surface area contributed by atoms with E-state index in [1.165, 1.54) is 0 Å². The number of ether oxygens (including phenoxy) is 3. The monoisotopic (exact) mass is 456 g/mol. The van der Waals surface area contributed by atoms with Gasteiger partial charge in [-0.15, -0.1) is 0 Å². The molecule has 2 aromatic carbocycles. The highest BCUT2D eigenvalue weighted by Crippen LogP contribution is 2.44. The number of aryl methyl sites for hydroxylation is 1. The molecular formula is C27H24N2O5. The number of allylic oxidation sites excluding steroid dienone is 1. The van der Waals surface area contributed by atoms with Crippen LogP contribution in [0.2, 0.25) is 0 Å². The van der Waals surface area contributed by atoms with Gasteiger partial charge in [0.05, 0.1) is 30.5 Å². The number of fused-ring (bicyclic) bond motifs is 1. The van der Waals surface area contributed by atoms with Crippen molar-refractivity contribution >= 4 is 27.8 Å². The van der Waals surface area contributed by atoms with Gasteiger partial charge in [0.2, 0.25) is 12.0 Å². The van der Waals surface area contributed by atoms with Crippen molar-refractivity contribution in [1.82, 2.24) is 9.97 Å². The highest BCUT2D eigenvalue weighted by atomic mass is 16.5. The SMILES string of the molecule is C=C(C)O[C@H](C(=O)O)c1c(C)cc2nc(OC)ccc2c1-c1ccc2c3c(ccnc13)CCO2. The molecule has 172 valence electrons. The number of aromatic nitrogens is 2. The maximum absolute atomic E-state index is 12.4. The van der Waals surface area contributed by atoms with Crippen molar-refractivity contribution in [2.75, 3.05) is 13.7 Å². The fourth-order valence-electron chi connectivity index (χ4n) is 4.68. The van der Waals surface area contributed by atoms with Crippen LogP contribution in [0.5, 0.6) is 11.6 Å². The maximum atomic E-state index is 12.4. The number of methoxy groups -OCH3 is 1. The van der Waals surface area contributed by atoms with Crippen molar-refractivity contribution < 1.29 is 24.1 Å². The van der Waals surface area contributed by atoms with Crippen LogP contribution >= 0.6 is 0 Å². The topological polar surface area (TPSA) is 90.8 Å². The Morgan fingerprint density at radius 1 is 1.24 bits per heavy atom. The van der Waals surface area contributed by atoms with E-state index in [1.54, 1.807) is 26.3 Å². The molecule has 0 fully saturated rings. The third-order valence-electron chi connectivity index (χ3n) is 6.07. The van der Waals surface area contributed by atoms with Crippen molar-refractivity contribution in [3.05, 3.63) is 71.6 Å². The van der Waals surface area contributed by atoms with E-state index in [-0.39, 0.29) is 0 Å². The van der Waals surface area contributed by atoms with Crippen LogP contribution in [0.15, 0.2) is 54.9 Å². The number of nitrogens with zero attached hydrogens (tertiary/aromatic N) is 2. The number of hydrogen-bond acceptors (Lipinski definition) is 6. The first-order valence-electron chi connectivity index (χ1n) is 11.0. The van der Waals surface area contributed by atoms with Crippen molar-refractivity contribution in [3.63, 3.8) is 0 Å². The van der Waals surface area contributed by atoms with Crippen molar-refractivity contribution in [2.24, 2.45) is 0 Å². The minimum Gasteiger partial charge on any atom is -0.493 e. The Kier molecular flexibility index (Phi) is 5.32. The second-order valence-corrected chi connectivity index (χ2v) is 8.34. The summed E-state index contributed by atoms with van der Waals surface area (Å²) in [6, 6.07) is 11.4. The summed E-state index contributed by atoms with van der Waals surface area (Å²) in [6.45, 7) is 7.88. The number of carboxylic acid groups (broad SMARTS) is 1. The second kappa shape index (κ2) is 8.33. The van der Waals surface area contributed by atoms with E-state index < -0.39 is 12.1 Å². The highest BCUT2D eigenvalue weighted by Gasteiger charge is 2.30. The summed E-state index contributed by atoms with van der Waals surface area (Å²) in [5.74, 6) is 0.461. The summed E-state index contributed by atoms with van der Waals surface area (Å²) in [4.78, 5) is 21.7. The fourth-order valence-corrected chi connectivity index (χ4v) is 4.68. The van der Waals surface area contributed by atoms with Crippen molar-refractivity contribution in [2.45, 2.75) is 26.4 Å². The second-order valence-electron chi connectivity index (χ2n) is 8.34. The van der Waals surface area contributed by atoms with Gasteiger partial charge in [-0.2, -0.15) is 0 Å². The van der Waals surface area contributed by atoms with Gasteiger partial charge in [-0.05, 0) is 55.3 Å². The molecule has 0 saturated heterocycles. The number of aliphatic carboxylic acids is 1. The Hall–Kier alpha value is -4.13. The maximum Gasteiger partial charge on any atom is 0.349 e. The molecule has 1 aliphatic heterocycles. The molecule has 1 atom stereocenters. The Balaban J connectivity index is 1.92. The summed E-state index contributed by atoms with van der Waals surface area (Å²) in [5.41, 5.74) is 5.35. The van der Waals surface area contributed by atoms with Gasteiger partial charge in [0, 0.05) is 46.1 Å². The number of rotatable bonds is 6. The zero-order valence-electron chi connectivity index (χ0n) is 19.2. The first-order chi connectivity index (χ1) is 16.4. The molecular weight excluding hydrogens is 432 g/mol. The van der Waals surface area contributed by atoms with Crippen LogP contribution in [0.1, 0.15) is 29.7 Å². The molecule has 0 aliphatic carbocycles. The van der Waals surface area contributed by atoms with E-state index >= 15 is 0 Å². The average Bonchev–Trinajstić information content (AvgIpc) is 2.82. The van der Waals surface area contributed by atoms with Crippen LogP contribution in [0.3, 0.4) is 0 Å². The number of pyridine rings is 2. The standard InChI is InChI=1S/C27H24N2O5/c1-14(2)34-26(27(30)31)22-15(3)13-19-17(6-8-21(29-19)32-4)24(22)18-5-7-20-23-16(10-12-33-20)9-11-28-25(18)23/h5-9,11,13,26H,1,10,12H2,2-4H3,(H,30,31)/t26-/m0/s1.